The fraction of sp³-hybridized carbons (Fsp3) is 0.111. The van der Waals surface area contributed by atoms with Crippen molar-refractivity contribution in [3.8, 4) is 11.5 Å². The monoisotopic (exact) mass is 392 g/mol. The zero-order chi connectivity index (χ0) is 18.8. The van der Waals surface area contributed by atoms with Crippen molar-refractivity contribution in [3.63, 3.8) is 0 Å². The molecule has 2 aromatic carbocycles. The van der Waals surface area contributed by atoms with Crippen LogP contribution < -0.4 is 20.2 Å². The minimum absolute atomic E-state index is 0.0456. The number of halogens is 2. The molecule has 1 aromatic heterocycles. The molecule has 0 fully saturated rings. The van der Waals surface area contributed by atoms with Gasteiger partial charge in [0.05, 0.1) is 30.4 Å². The van der Waals surface area contributed by atoms with E-state index in [0.29, 0.717) is 38.1 Å². The first-order valence-electron chi connectivity index (χ1n) is 7.48. The molecular formula is C18H14Cl2N2O4. The Hall–Kier alpha value is -2.70. The molecule has 6 nitrogen and oxygen atoms in total. The Morgan fingerprint density at radius 1 is 1.08 bits per heavy atom. The molecule has 8 heteroatoms. The van der Waals surface area contributed by atoms with Gasteiger partial charge in [-0.2, -0.15) is 0 Å². The number of carbonyl (C=O) groups is 1. The summed E-state index contributed by atoms with van der Waals surface area (Å²) < 4.78 is 10.4. The largest absolute Gasteiger partial charge is 0.495 e. The number of benzene rings is 2. The van der Waals surface area contributed by atoms with Crippen LogP contribution >= 0.6 is 23.2 Å². The zero-order valence-corrected chi connectivity index (χ0v) is 15.4. The van der Waals surface area contributed by atoms with Crippen molar-refractivity contribution in [1.82, 2.24) is 4.98 Å². The van der Waals surface area contributed by atoms with Gasteiger partial charge >= 0.3 is 0 Å². The Kier molecular flexibility index (Phi) is 5.06. The van der Waals surface area contributed by atoms with Crippen LogP contribution in [0.25, 0.3) is 10.9 Å². The molecule has 0 saturated heterocycles. The quantitative estimate of drug-likeness (QED) is 0.699. The Morgan fingerprint density at radius 3 is 2.50 bits per heavy atom. The van der Waals surface area contributed by atoms with Crippen LogP contribution in [-0.4, -0.2) is 25.1 Å². The van der Waals surface area contributed by atoms with Gasteiger partial charge in [-0.1, -0.05) is 23.2 Å². The smallest absolute Gasteiger partial charge is 0.261 e. The number of aromatic amines is 1. The number of ether oxygens (including phenoxy) is 2. The number of amides is 1. The zero-order valence-electron chi connectivity index (χ0n) is 13.9. The third-order valence-corrected chi connectivity index (χ3v) is 4.34. The molecule has 1 heterocycles. The van der Waals surface area contributed by atoms with Gasteiger partial charge in [0.1, 0.15) is 17.1 Å². The van der Waals surface area contributed by atoms with E-state index in [9.17, 15) is 9.59 Å². The maximum absolute atomic E-state index is 12.6. The average Bonchev–Trinajstić information content (AvgIpc) is 2.62. The van der Waals surface area contributed by atoms with Crippen molar-refractivity contribution in [2.24, 2.45) is 0 Å². The van der Waals surface area contributed by atoms with Crippen LogP contribution in [0.1, 0.15) is 10.4 Å². The van der Waals surface area contributed by atoms with Crippen LogP contribution in [0.2, 0.25) is 10.0 Å². The van der Waals surface area contributed by atoms with Gasteiger partial charge in [-0.15, -0.1) is 0 Å². The summed E-state index contributed by atoms with van der Waals surface area (Å²) in [5.74, 6) is 0.115. The minimum atomic E-state index is -0.592. The topological polar surface area (TPSA) is 80.4 Å². The molecule has 0 atom stereocenters. The van der Waals surface area contributed by atoms with Crippen molar-refractivity contribution in [1.29, 1.82) is 0 Å². The molecule has 0 radical (unpaired) electrons. The van der Waals surface area contributed by atoms with Crippen LogP contribution in [0.4, 0.5) is 5.69 Å². The molecule has 0 spiro atoms. The van der Waals surface area contributed by atoms with E-state index in [4.69, 9.17) is 32.7 Å². The standard InChI is InChI=1S/C18H14Cl2N2O4/c1-25-15-7-14(16(26-2)6-12(15)20)22-18(24)11-8-21-13-5-9(19)3-4-10(13)17(11)23/h3-8H,1-2H3,(H,21,23)(H,22,24). The lowest BCUT2D eigenvalue weighted by Crippen LogP contribution is -2.22. The van der Waals surface area contributed by atoms with Crippen molar-refractivity contribution in [2.75, 3.05) is 19.5 Å². The van der Waals surface area contributed by atoms with Crippen LogP contribution in [0.3, 0.4) is 0 Å². The second-order valence-electron chi connectivity index (χ2n) is 5.36. The lowest BCUT2D eigenvalue weighted by Gasteiger charge is -2.13. The van der Waals surface area contributed by atoms with Gasteiger partial charge in [-0.25, -0.2) is 0 Å². The summed E-state index contributed by atoms with van der Waals surface area (Å²) in [6.07, 6.45) is 1.34. The lowest BCUT2D eigenvalue weighted by atomic mass is 10.1. The van der Waals surface area contributed by atoms with Gasteiger partial charge in [0.15, 0.2) is 0 Å². The van der Waals surface area contributed by atoms with E-state index in [-0.39, 0.29) is 5.56 Å². The summed E-state index contributed by atoms with van der Waals surface area (Å²) in [5, 5.41) is 3.84. The van der Waals surface area contributed by atoms with Gasteiger partial charge in [0.25, 0.3) is 5.91 Å². The highest BCUT2D eigenvalue weighted by Gasteiger charge is 2.17. The molecular weight excluding hydrogens is 379 g/mol. The van der Waals surface area contributed by atoms with Crippen molar-refractivity contribution in [3.05, 3.63) is 62.4 Å². The van der Waals surface area contributed by atoms with E-state index in [0.717, 1.165) is 0 Å². The second kappa shape index (κ2) is 7.27. The third-order valence-electron chi connectivity index (χ3n) is 3.81. The second-order valence-corrected chi connectivity index (χ2v) is 6.21. The summed E-state index contributed by atoms with van der Waals surface area (Å²) in [5.41, 5.74) is 0.419. The summed E-state index contributed by atoms with van der Waals surface area (Å²) in [7, 11) is 2.90. The predicted molar refractivity (Wildman–Crippen MR) is 102 cm³/mol. The number of hydrogen-bond donors (Lipinski definition) is 2. The number of hydrogen-bond acceptors (Lipinski definition) is 4. The van der Waals surface area contributed by atoms with E-state index < -0.39 is 11.3 Å². The third kappa shape index (κ3) is 3.34. The van der Waals surface area contributed by atoms with Crippen molar-refractivity contribution < 1.29 is 14.3 Å². The van der Waals surface area contributed by atoms with Crippen LogP contribution in [0.15, 0.2) is 41.3 Å². The molecule has 0 saturated carbocycles. The van der Waals surface area contributed by atoms with E-state index in [1.165, 1.54) is 32.5 Å². The van der Waals surface area contributed by atoms with Gasteiger partial charge in [-0.3, -0.25) is 9.59 Å². The molecule has 0 aliphatic heterocycles. The molecule has 3 rings (SSSR count). The summed E-state index contributed by atoms with van der Waals surface area (Å²) >= 11 is 12.0. The average molecular weight is 393 g/mol. The normalized spacial score (nSPS) is 10.6. The fourth-order valence-corrected chi connectivity index (χ4v) is 2.91. The molecule has 0 bridgehead atoms. The molecule has 0 aliphatic carbocycles. The molecule has 2 N–H and O–H groups in total. The Balaban J connectivity index is 2.01. The number of fused-ring (bicyclic) bond motifs is 1. The molecule has 1 amide bonds. The molecule has 0 unspecified atom stereocenters. The Labute approximate surface area is 158 Å². The van der Waals surface area contributed by atoms with Crippen molar-refractivity contribution >= 4 is 45.7 Å². The summed E-state index contributed by atoms with van der Waals surface area (Å²) in [4.78, 5) is 28.1. The van der Waals surface area contributed by atoms with Crippen LogP contribution in [0, 0.1) is 0 Å². The van der Waals surface area contributed by atoms with Gasteiger partial charge in [0.2, 0.25) is 5.43 Å². The van der Waals surface area contributed by atoms with Crippen molar-refractivity contribution in [2.45, 2.75) is 0 Å². The van der Waals surface area contributed by atoms with Gasteiger partial charge in [0, 0.05) is 28.7 Å². The number of methoxy groups -OCH3 is 2. The first kappa shape index (κ1) is 18.1. The number of anilines is 1. The van der Waals surface area contributed by atoms with Crippen LogP contribution in [-0.2, 0) is 0 Å². The minimum Gasteiger partial charge on any atom is -0.495 e. The highest BCUT2D eigenvalue weighted by atomic mass is 35.5. The predicted octanol–water partition coefficient (Wildman–Crippen LogP) is 4.10. The SMILES string of the molecule is COc1cc(NC(=O)c2c[nH]c3cc(Cl)ccc3c2=O)c(OC)cc1Cl. The Bertz CT molecular complexity index is 1060. The summed E-state index contributed by atoms with van der Waals surface area (Å²) in [6.45, 7) is 0. The maximum atomic E-state index is 12.6. The number of nitrogens with one attached hydrogen (secondary N) is 2. The van der Waals surface area contributed by atoms with E-state index >= 15 is 0 Å². The first-order valence-corrected chi connectivity index (χ1v) is 8.24. The van der Waals surface area contributed by atoms with E-state index in [1.807, 2.05) is 0 Å². The van der Waals surface area contributed by atoms with Gasteiger partial charge < -0.3 is 19.8 Å². The molecule has 3 aromatic rings. The van der Waals surface area contributed by atoms with E-state index in [1.54, 1.807) is 18.2 Å². The Morgan fingerprint density at radius 2 is 1.81 bits per heavy atom. The summed E-state index contributed by atoms with van der Waals surface area (Å²) in [6, 6.07) is 7.82. The molecule has 0 aliphatic rings. The highest BCUT2D eigenvalue weighted by molar-refractivity contribution is 6.32. The first-order chi connectivity index (χ1) is 12.4. The maximum Gasteiger partial charge on any atom is 0.261 e. The van der Waals surface area contributed by atoms with Gasteiger partial charge in [-0.05, 0) is 18.2 Å². The number of rotatable bonds is 4. The highest BCUT2D eigenvalue weighted by Crippen LogP contribution is 2.36. The molecule has 26 heavy (non-hydrogen) atoms. The van der Waals surface area contributed by atoms with Crippen LogP contribution in [0.5, 0.6) is 11.5 Å². The van der Waals surface area contributed by atoms with E-state index in [2.05, 4.69) is 10.3 Å². The number of pyridine rings is 1. The number of H-pyrrole nitrogens is 1. The lowest BCUT2D eigenvalue weighted by molar-refractivity contribution is 0.102. The molecule has 134 valence electrons. The fourth-order valence-electron chi connectivity index (χ4n) is 2.51. The number of carbonyl (C=O) groups excluding carboxylic acids is 1. The number of aromatic nitrogens is 1.